The van der Waals surface area contributed by atoms with Gasteiger partial charge < -0.3 is 20.2 Å². The maximum atomic E-state index is 9.55. The first-order valence-corrected chi connectivity index (χ1v) is 9.54. The molecule has 8 nitrogen and oxygen atoms in total. The number of phenolic OH excluding ortho intramolecular Hbond substituents is 1. The molecule has 0 spiro atoms. The fourth-order valence-electron chi connectivity index (χ4n) is 3.93. The van der Waals surface area contributed by atoms with E-state index in [9.17, 15) is 14.7 Å². The lowest BCUT2D eigenvalue weighted by molar-refractivity contribution is -0.134. The van der Waals surface area contributed by atoms with Crippen molar-refractivity contribution in [1.29, 1.82) is 0 Å². The van der Waals surface area contributed by atoms with E-state index in [1.807, 2.05) is 6.07 Å². The molecule has 3 N–H and O–H groups in total. The van der Waals surface area contributed by atoms with E-state index in [-0.39, 0.29) is 0 Å². The summed E-state index contributed by atoms with van der Waals surface area (Å²) in [5.41, 5.74) is 0.953. The van der Waals surface area contributed by atoms with Gasteiger partial charge in [-0.3, -0.25) is 4.90 Å². The van der Waals surface area contributed by atoms with E-state index < -0.39 is 11.9 Å². The number of carboxylic acids is 2. The molecule has 4 rings (SSSR count). The molecule has 2 bridgehead atoms. The molecule has 0 saturated carbocycles. The van der Waals surface area contributed by atoms with Crippen LogP contribution in [0.2, 0.25) is 0 Å². The van der Waals surface area contributed by atoms with Crippen LogP contribution in [0.1, 0.15) is 19.3 Å². The molecule has 1 aromatic carbocycles. The molecular weight excluding hydrogens is 374 g/mol. The van der Waals surface area contributed by atoms with Crippen molar-refractivity contribution in [2.24, 2.45) is 0 Å². The fraction of sp³-hybridized carbons (Fsp3) is 0.381. The van der Waals surface area contributed by atoms with Gasteiger partial charge in [0.15, 0.2) is 0 Å². The van der Waals surface area contributed by atoms with E-state index in [0.717, 1.165) is 29.8 Å². The summed E-state index contributed by atoms with van der Waals surface area (Å²) in [6.07, 6.45) is 5.07. The number of hydrogen-bond acceptors (Lipinski definition) is 6. The van der Waals surface area contributed by atoms with Gasteiger partial charge in [0.2, 0.25) is 0 Å². The van der Waals surface area contributed by atoms with Crippen molar-refractivity contribution in [3.8, 4) is 5.75 Å². The lowest BCUT2D eigenvalue weighted by Crippen LogP contribution is -2.59. The van der Waals surface area contributed by atoms with Crippen LogP contribution in [0.5, 0.6) is 5.75 Å². The number of piperidine rings is 1. The Morgan fingerprint density at radius 3 is 2.24 bits per heavy atom. The van der Waals surface area contributed by atoms with E-state index in [1.54, 1.807) is 12.1 Å². The maximum Gasteiger partial charge on any atom is 0.328 e. The maximum absolute atomic E-state index is 9.55. The third-order valence-electron chi connectivity index (χ3n) is 5.44. The van der Waals surface area contributed by atoms with Crippen molar-refractivity contribution >= 4 is 28.7 Å². The first-order valence-electron chi connectivity index (χ1n) is 9.54. The largest absolute Gasteiger partial charge is 0.508 e. The van der Waals surface area contributed by atoms with Crippen LogP contribution >= 0.6 is 0 Å². The Labute approximate surface area is 168 Å². The summed E-state index contributed by atoms with van der Waals surface area (Å²) in [6, 6.07) is 10.8. The number of carbonyl (C=O) groups is 2. The second-order valence-electron chi connectivity index (χ2n) is 7.37. The average molecular weight is 399 g/mol. The van der Waals surface area contributed by atoms with Gasteiger partial charge >= 0.3 is 11.9 Å². The highest BCUT2D eigenvalue weighted by Crippen LogP contribution is 2.30. The second-order valence-corrected chi connectivity index (χ2v) is 7.37. The number of nitrogens with zero attached hydrogens (tertiary/aromatic N) is 3. The number of fused-ring (bicyclic) bond motifs is 3. The minimum absolute atomic E-state index is 0.297. The molecule has 0 aliphatic carbocycles. The number of aliphatic carboxylic acids is 2. The highest BCUT2D eigenvalue weighted by atomic mass is 16.4. The highest BCUT2D eigenvalue weighted by Gasteiger charge is 2.35. The first kappa shape index (κ1) is 20.6. The lowest BCUT2D eigenvalue weighted by atomic mass is 9.92. The Balaban J connectivity index is 0.000000258. The van der Waals surface area contributed by atoms with Crippen LogP contribution in [0.15, 0.2) is 42.5 Å². The third kappa shape index (κ3) is 5.23. The van der Waals surface area contributed by atoms with Crippen molar-refractivity contribution in [2.75, 3.05) is 25.0 Å². The monoisotopic (exact) mass is 399 g/mol. The Hall–Kier alpha value is -3.13. The lowest BCUT2D eigenvalue weighted by Gasteiger charge is -2.48. The quantitative estimate of drug-likeness (QED) is 0.674. The van der Waals surface area contributed by atoms with E-state index in [4.69, 9.17) is 15.2 Å². The number of benzene rings is 1. The van der Waals surface area contributed by atoms with Crippen LogP contribution in [-0.4, -0.2) is 69.4 Å². The summed E-state index contributed by atoms with van der Waals surface area (Å²) in [5.74, 6) is -1.15. The minimum atomic E-state index is -1.26. The van der Waals surface area contributed by atoms with Gasteiger partial charge in [-0.25, -0.2) is 14.6 Å². The van der Waals surface area contributed by atoms with Crippen LogP contribution in [0.25, 0.3) is 10.9 Å². The van der Waals surface area contributed by atoms with Crippen LogP contribution in [0, 0.1) is 0 Å². The van der Waals surface area contributed by atoms with E-state index in [0.29, 0.717) is 30.0 Å². The molecule has 2 aliphatic rings. The molecule has 8 heteroatoms. The summed E-state index contributed by atoms with van der Waals surface area (Å²) >= 11 is 0. The molecule has 1 aromatic heterocycles. The zero-order chi connectivity index (χ0) is 21.0. The zero-order valence-electron chi connectivity index (χ0n) is 16.2. The van der Waals surface area contributed by atoms with E-state index >= 15 is 0 Å². The molecule has 0 amide bonds. The van der Waals surface area contributed by atoms with Gasteiger partial charge in [0.05, 0.1) is 5.52 Å². The molecule has 2 fully saturated rings. The van der Waals surface area contributed by atoms with Crippen molar-refractivity contribution in [3.05, 3.63) is 42.5 Å². The number of rotatable bonds is 3. The van der Waals surface area contributed by atoms with Gasteiger partial charge in [-0.05, 0) is 50.2 Å². The number of pyridine rings is 1. The van der Waals surface area contributed by atoms with E-state index in [2.05, 4.69) is 29.0 Å². The summed E-state index contributed by atoms with van der Waals surface area (Å²) in [4.78, 5) is 28.9. The molecule has 2 unspecified atom stereocenters. The second kappa shape index (κ2) is 8.91. The Morgan fingerprint density at radius 1 is 1.03 bits per heavy atom. The van der Waals surface area contributed by atoms with Gasteiger partial charge in [-0.15, -0.1) is 0 Å². The van der Waals surface area contributed by atoms with Crippen LogP contribution in [0.3, 0.4) is 0 Å². The molecule has 2 saturated heterocycles. The van der Waals surface area contributed by atoms with Gasteiger partial charge in [0, 0.05) is 42.7 Å². The van der Waals surface area contributed by atoms with Crippen molar-refractivity contribution in [1.82, 2.24) is 9.88 Å². The number of aromatic hydroxyl groups is 1. The van der Waals surface area contributed by atoms with Crippen LogP contribution in [-0.2, 0) is 9.59 Å². The molecule has 3 heterocycles. The minimum Gasteiger partial charge on any atom is -0.508 e. The predicted octanol–water partition coefficient (Wildman–Crippen LogP) is 2.33. The third-order valence-corrected chi connectivity index (χ3v) is 5.44. The van der Waals surface area contributed by atoms with Gasteiger partial charge in [0.1, 0.15) is 11.6 Å². The summed E-state index contributed by atoms with van der Waals surface area (Å²) < 4.78 is 0. The van der Waals surface area contributed by atoms with Crippen molar-refractivity contribution in [3.63, 3.8) is 0 Å². The smallest absolute Gasteiger partial charge is 0.328 e. The van der Waals surface area contributed by atoms with Gasteiger partial charge in [0.25, 0.3) is 0 Å². The van der Waals surface area contributed by atoms with Crippen LogP contribution < -0.4 is 4.90 Å². The predicted molar refractivity (Wildman–Crippen MR) is 109 cm³/mol. The zero-order valence-corrected chi connectivity index (χ0v) is 16.2. The number of piperazine rings is 1. The Kier molecular flexibility index (Phi) is 6.33. The number of likely N-dealkylation sites (N-methyl/N-ethyl adjacent to an activating group) is 1. The average Bonchev–Trinajstić information content (AvgIpc) is 2.66. The molecule has 2 atom stereocenters. The first-order chi connectivity index (χ1) is 13.8. The number of hydrogen-bond donors (Lipinski definition) is 3. The number of aromatic nitrogens is 1. The molecule has 29 heavy (non-hydrogen) atoms. The summed E-state index contributed by atoms with van der Waals surface area (Å²) in [7, 11) is 2.27. The fourth-order valence-corrected chi connectivity index (χ4v) is 3.93. The Bertz CT molecular complexity index is 900. The standard InChI is InChI=1S/C17H21N3O.C4H4O4/c1-19-13-3-2-4-14(19)11-20(10-13)17-8-5-12-9-15(21)6-7-16(12)18-17;5-3(6)1-2-4(7)8/h5-9,13-14,21H,2-4,10-11H2,1H3;1-2H,(H,5,6)(H,7,8)/b;2-1+. The number of anilines is 1. The topological polar surface area (TPSA) is 114 Å². The number of phenols is 1. The summed E-state index contributed by atoms with van der Waals surface area (Å²) in [6.45, 7) is 2.15. The Morgan fingerprint density at radius 2 is 1.66 bits per heavy atom. The number of carboxylic acid groups (broad SMARTS) is 2. The highest BCUT2D eigenvalue weighted by molar-refractivity contribution is 5.89. The van der Waals surface area contributed by atoms with Gasteiger partial charge in [-0.1, -0.05) is 6.42 Å². The molecule has 2 aromatic rings. The molecule has 0 radical (unpaired) electrons. The molecule has 154 valence electrons. The van der Waals surface area contributed by atoms with Crippen molar-refractivity contribution in [2.45, 2.75) is 31.3 Å². The summed E-state index contributed by atoms with van der Waals surface area (Å²) in [5, 5.41) is 26.2. The van der Waals surface area contributed by atoms with Crippen molar-refractivity contribution < 1.29 is 24.9 Å². The van der Waals surface area contributed by atoms with Gasteiger partial charge in [-0.2, -0.15) is 0 Å². The SMILES string of the molecule is CN1C2CCCC1CN(c1ccc3cc(O)ccc3n1)C2.O=C(O)/C=C/C(=O)O. The molecular formula is C21H25N3O5. The van der Waals surface area contributed by atoms with E-state index in [1.165, 1.54) is 19.3 Å². The normalized spacial score (nSPS) is 21.6. The molecule has 2 aliphatic heterocycles. The van der Waals surface area contributed by atoms with Crippen LogP contribution in [0.4, 0.5) is 5.82 Å².